The number of hydrogen-bond acceptors (Lipinski definition) is 11. The summed E-state index contributed by atoms with van der Waals surface area (Å²) in [6.07, 6.45) is 9.74. The van der Waals surface area contributed by atoms with E-state index in [0.717, 1.165) is 64.2 Å². The van der Waals surface area contributed by atoms with Gasteiger partial charge in [-0.15, -0.1) is 0 Å². The molecule has 0 saturated heterocycles. The number of carbonyl (C=O) groups is 4. The standard InChI is InChI=1S/C46H52N10O8/c1-48-45(59)39(25-10-6-4-7-11-25)52-43(57)37-19-18-36(63-37)27-15-17-32-33(21-27)51-42(50-32)35-24-30(54-55(35)3)20-29-23-38(64-41(29)28-14-16-31(47)34(22-28)56(61)62)44(58)53-40(46(60)49-2)26-12-8-5-9-13-26/h14-19,21-26,39-40H,4-13,20,47H2,1-3H3,(H,48,59)(H,49,60)(H,50,51)(H,52,57)(H,53,58)/t39-,40-/m0/s1. The molecular weight excluding hydrogens is 821 g/mol. The minimum atomic E-state index is -0.756. The number of aromatic amines is 1. The molecular formula is C46H52N10O8. The van der Waals surface area contributed by atoms with E-state index in [1.165, 1.54) is 19.2 Å². The number of hydrogen-bond donors (Lipinski definition) is 6. The Labute approximate surface area is 368 Å². The van der Waals surface area contributed by atoms with Crippen molar-refractivity contribution in [3.05, 3.63) is 93.6 Å². The van der Waals surface area contributed by atoms with E-state index in [1.54, 1.807) is 43.0 Å². The van der Waals surface area contributed by atoms with Gasteiger partial charge in [0.1, 0.15) is 35.0 Å². The third kappa shape index (κ3) is 9.12. The van der Waals surface area contributed by atoms with Crippen molar-refractivity contribution in [2.24, 2.45) is 18.9 Å². The van der Waals surface area contributed by atoms with Crippen molar-refractivity contribution in [1.29, 1.82) is 0 Å². The third-order valence-corrected chi connectivity index (χ3v) is 12.5. The van der Waals surface area contributed by atoms with Gasteiger partial charge in [0.25, 0.3) is 17.5 Å². The number of amides is 4. The number of imidazole rings is 1. The predicted octanol–water partition coefficient (Wildman–Crippen LogP) is 6.41. The maximum absolute atomic E-state index is 13.8. The van der Waals surface area contributed by atoms with E-state index in [-0.39, 0.29) is 58.7 Å². The first kappa shape index (κ1) is 43.4. The van der Waals surface area contributed by atoms with E-state index in [4.69, 9.17) is 24.7 Å². The average molecular weight is 873 g/mol. The van der Waals surface area contributed by atoms with Crippen molar-refractivity contribution in [3.8, 4) is 34.2 Å². The van der Waals surface area contributed by atoms with Crippen LogP contribution in [0.15, 0.2) is 69.5 Å². The Bertz CT molecular complexity index is 2720. The zero-order valence-electron chi connectivity index (χ0n) is 36.0. The van der Waals surface area contributed by atoms with Crippen molar-refractivity contribution < 1.29 is 32.9 Å². The van der Waals surface area contributed by atoms with E-state index < -0.39 is 28.8 Å². The largest absolute Gasteiger partial charge is 0.451 e. The number of H-pyrrole nitrogens is 1. The quantitative estimate of drug-likeness (QED) is 0.0396. The van der Waals surface area contributed by atoms with Gasteiger partial charge in [-0.2, -0.15) is 5.10 Å². The fourth-order valence-electron chi connectivity index (χ4n) is 9.15. The predicted molar refractivity (Wildman–Crippen MR) is 238 cm³/mol. The van der Waals surface area contributed by atoms with Crippen LogP contribution in [-0.2, 0) is 23.1 Å². The summed E-state index contributed by atoms with van der Waals surface area (Å²) in [7, 11) is 4.88. The number of nitro benzene ring substituents is 1. The SMILES string of the molecule is CNC(=O)[C@@H](NC(=O)c1ccc(-c2ccc3nc(-c4cc(Cc5cc(C(=O)N[C@H](C(=O)NC)C6CCCCC6)oc5-c5ccc(N)c([N+](=O)[O-])c5)nn4C)[nH]c3c2)o1)C1CCCCC1. The summed E-state index contributed by atoms with van der Waals surface area (Å²) in [5.41, 5.74) is 9.79. The maximum Gasteiger partial charge on any atom is 0.292 e. The second-order valence-corrected chi connectivity index (χ2v) is 16.7. The maximum atomic E-state index is 13.8. The first-order valence-corrected chi connectivity index (χ1v) is 21.8. The van der Waals surface area contributed by atoms with E-state index in [1.807, 2.05) is 24.3 Å². The molecule has 4 amide bonds. The molecule has 0 aliphatic heterocycles. The van der Waals surface area contributed by atoms with Gasteiger partial charge in [-0.25, -0.2) is 4.98 Å². The topological polar surface area (TPSA) is 258 Å². The lowest BCUT2D eigenvalue weighted by Gasteiger charge is -2.29. The van der Waals surface area contributed by atoms with Crippen LogP contribution in [-0.4, -0.2) is 74.5 Å². The number of likely N-dealkylation sites (N-methyl/N-ethyl adjacent to an activating group) is 2. The molecule has 2 aromatic carbocycles. The molecule has 2 atom stereocenters. The number of aryl methyl sites for hydroxylation is 1. The Morgan fingerprint density at radius 3 is 2.06 bits per heavy atom. The van der Waals surface area contributed by atoms with Crippen LogP contribution in [0.4, 0.5) is 11.4 Å². The van der Waals surface area contributed by atoms with Gasteiger partial charge in [0.2, 0.25) is 11.8 Å². The summed E-state index contributed by atoms with van der Waals surface area (Å²) in [5.74, 6) is -0.255. The Morgan fingerprint density at radius 2 is 1.44 bits per heavy atom. The van der Waals surface area contributed by atoms with Gasteiger partial charge < -0.3 is 40.8 Å². The van der Waals surface area contributed by atoms with Crippen LogP contribution in [0.3, 0.4) is 0 Å². The number of fused-ring (bicyclic) bond motifs is 1. The van der Waals surface area contributed by atoms with Crippen molar-refractivity contribution in [2.75, 3.05) is 19.8 Å². The lowest BCUT2D eigenvalue weighted by Crippen LogP contribution is -2.50. The summed E-state index contributed by atoms with van der Waals surface area (Å²) >= 11 is 0. The smallest absolute Gasteiger partial charge is 0.292 e. The van der Waals surface area contributed by atoms with Gasteiger partial charge in [-0.05, 0) is 92.1 Å². The number of nitrogens with one attached hydrogen (secondary N) is 5. The minimum Gasteiger partial charge on any atom is -0.451 e. The van der Waals surface area contributed by atoms with Gasteiger partial charge in [-0.1, -0.05) is 38.5 Å². The van der Waals surface area contributed by atoms with E-state index in [2.05, 4.69) is 26.3 Å². The molecule has 18 heteroatoms. The number of nitrogens with zero attached hydrogens (tertiary/aromatic N) is 4. The van der Waals surface area contributed by atoms with E-state index >= 15 is 0 Å². The van der Waals surface area contributed by atoms with Gasteiger partial charge in [-0.3, -0.25) is 34.0 Å². The van der Waals surface area contributed by atoms with Crippen LogP contribution in [0.5, 0.6) is 0 Å². The second kappa shape index (κ2) is 18.6. The number of anilines is 1. The lowest BCUT2D eigenvalue weighted by atomic mass is 9.83. The Kier molecular flexibility index (Phi) is 12.6. The number of carbonyl (C=O) groups excluding carboxylic acids is 4. The molecule has 4 aromatic heterocycles. The fraction of sp³-hybridized carbons (Fsp3) is 0.391. The van der Waals surface area contributed by atoms with Crippen LogP contribution in [0.25, 0.3) is 45.2 Å². The molecule has 18 nitrogen and oxygen atoms in total. The molecule has 0 unspecified atom stereocenters. The average Bonchev–Trinajstić information content (AvgIpc) is 4.13. The molecule has 2 saturated carbocycles. The van der Waals surface area contributed by atoms with Gasteiger partial charge in [0, 0.05) is 50.3 Å². The molecule has 64 heavy (non-hydrogen) atoms. The molecule has 6 aromatic rings. The molecule has 4 heterocycles. The van der Waals surface area contributed by atoms with Crippen molar-refractivity contribution in [1.82, 2.24) is 41.0 Å². The zero-order valence-corrected chi connectivity index (χ0v) is 36.0. The van der Waals surface area contributed by atoms with Crippen molar-refractivity contribution in [3.63, 3.8) is 0 Å². The van der Waals surface area contributed by atoms with Gasteiger partial charge in [0.15, 0.2) is 17.3 Å². The number of rotatable bonds is 14. The van der Waals surface area contributed by atoms with E-state index in [0.29, 0.717) is 50.7 Å². The summed E-state index contributed by atoms with van der Waals surface area (Å²) in [5, 5.41) is 27.8. The normalized spacial score (nSPS) is 15.7. The lowest BCUT2D eigenvalue weighted by molar-refractivity contribution is -0.383. The van der Waals surface area contributed by atoms with Crippen LogP contribution in [0.2, 0.25) is 0 Å². The number of furan rings is 2. The van der Waals surface area contributed by atoms with Crippen LogP contribution in [0.1, 0.15) is 96.6 Å². The number of nitro groups is 1. The Balaban J connectivity index is 1.04. The first-order valence-electron chi connectivity index (χ1n) is 21.8. The fourth-order valence-corrected chi connectivity index (χ4v) is 9.15. The molecule has 0 spiro atoms. The molecule has 2 fully saturated rings. The highest BCUT2D eigenvalue weighted by Gasteiger charge is 2.33. The molecule has 7 N–H and O–H groups in total. The number of aromatic nitrogens is 4. The minimum absolute atomic E-state index is 0.0217. The van der Waals surface area contributed by atoms with Gasteiger partial charge in [0.05, 0.1) is 21.7 Å². The third-order valence-electron chi connectivity index (χ3n) is 12.5. The summed E-state index contributed by atoms with van der Waals surface area (Å²) < 4.78 is 13.9. The highest BCUT2D eigenvalue weighted by Crippen LogP contribution is 2.36. The molecule has 2 aliphatic rings. The Hall–Kier alpha value is -7.24. The zero-order chi connectivity index (χ0) is 45.1. The molecule has 0 bridgehead atoms. The van der Waals surface area contributed by atoms with Crippen LogP contribution in [0, 0.1) is 22.0 Å². The highest BCUT2D eigenvalue weighted by molar-refractivity contribution is 5.97. The number of nitrogens with two attached hydrogens (primary N) is 1. The summed E-state index contributed by atoms with van der Waals surface area (Å²) in [6, 6.07) is 15.2. The summed E-state index contributed by atoms with van der Waals surface area (Å²) in [4.78, 5) is 72.3. The first-order chi connectivity index (χ1) is 30.9. The van der Waals surface area contributed by atoms with Crippen LogP contribution >= 0.6 is 0 Å². The van der Waals surface area contributed by atoms with E-state index in [9.17, 15) is 29.3 Å². The molecule has 2 aliphatic carbocycles. The number of benzene rings is 2. The van der Waals surface area contributed by atoms with Gasteiger partial charge >= 0.3 is 0 Å². The highest BCUT2D eigenvalue weighted by atomic mass is 16.6. The van der Waals surface area contributed by atoms with Crippen molar-refractivity contribution in [2.45, 2.75) is 82.7 Å². The Morgan fingerprint density at radius 1 is 0.812 bits per heavy atom. The molecule has 0 radical (unpaired) electrons. The summed E-state index contributed by atoms with van der Waals surface area (Å²) in [6.45, 7) is 0. The second-order valence-electron chi connectivity index (χ2n) is 16.7. The molecule has 334 valence electrons. The monoisotopic (exact) mass is 872 g/mol. The van der Waals surface area contributed by atoms with Crippen LogP contribution < -0.4 is 27.0 Å². The van der Waals surface area contributed by atoms with Crippen molar-refractivity contribution >= 4 is 46.0 Å². The number of nitrogen functional groups attached to an aromatic ring is 1. The molecule has 8 rings (SSSR count).